The highest BCUT2D eigenvalue weighted by Gasteiger charge is 2.37. The summed E-state index contributed by atoms with van der Waals surface area (Å²) in [5, 5.41) is 2.29. The molecular formula is C26H26N4O3. The van der Waals surface area contributed by atoms with Crippen LogP contribution in [0.15, 0.2) is 60.2 Å². The van der Waals surface area contributed by atoms with Gasteiger partial charge in [0.1, 0.15) is 5.57 Å². The number of aromatic nitrogens is 1. The van der Waals surface area contributed by atoms with Gasteiger partial charge in [0.15, 0.2) is 0 Å². The second kappa shape index (κ2) is 8.43. The van der Waals surface area contributed by atoms with E-state index in [0.717, 1.165) is 38.8 Å². The van der Waals surface area contributed by atoms with Crippen LogP contribution >= 0.6 is 0 Å². The molecule has 2 aromatic carbocycles. The van der Waals surface area contributed by atoms with Crippen molar-refractivity contribution in [3.05, 3.63) is 82.7 Å². The number of benzene rings is 2. The molecule has 2 heterocycles. The van der Waals surface area contributed by atoms with Crippen molar-refractivity contribution in [1.29, 1.82) is 0 Å². The summed E-state index contributed by atoms with van der Waals surface area (Å²) in [4.78, 5) is 41.4. The first-order valence-corrected chi connectivity index (χ1v) is 10.6. The fourth-order valence-corrected chi connectivity index (χ4v) is 4.08. The maximum absolute atomic E-state index is 13.2. The van der Waals surface area contributed by atoms with E-state index in [1.165, 1.54) is 0 Å². The number of barbiturate groups is 1. The maximum Gasteiger partial charge on any atom is 0.335 e. The Labute approximate surface area is 192 Å². The topological polar surface area (TPSA) is 74.7 Å². The van der Waals surface area contributed by atoms with Gasteiger partial charge in [0.25, 0.3) is 11.8 Å². The lowest BCUT2D eigenvalue weighted by Crippen LogP contribution is -2.54. The lowest BCUT2D eigenvalue weighted by atomic mass is 10.1. The summed E-state index contributed by atoms with van der Waals surface area (Å²) in [7, 11) is 3.98. The van der Waals surface area contributed by atoms with Gasteiger partial charge in [0.05, 0.1) is 5.69 Å². The number of urea groups is 1. The molecule has 0 unspecified atom stereocenters. The number of amides is 4. The molecule has 0 bridgehead atoms. The molecule has 0 atom stereocenters. The number of carbonyl (C=O) groups is 3. The van der Waals surface area contributed by atoms with Gasteiger partial charge < -0.3 is 9.47 Å². The van der Waals surface area contributed by atoms with Gasteiger partial charge in [-0.1, -0.05) is 18.2 Å². The molecule has 1 N–H and O–H groups in total. The van der Waals surface area contributed by atoms with Crippen LogP contribution in [0, 0.1) is 20.8 Å². The van der Waals surface area contributed by atoms with E-state index in [1.807, 2.05) is 82.2 Å². The summed E-state index contributed by atoms with van der Waals surface area (Å²) in [6.45, 7) is 5.72. The van der Waals surface area contributed by atoms with Crippen molar-refractivity contribution in [2.45, 2.75) is 20.8 Å². The standard InChI is InChI=1S/C26H26N4O3/c1-16-8-6-7-9-23(16)30-25(32)22(24(31)27-26(30)33)15-19-14-17(2)29(18(19)3)21-12-10-20(11-13-21)28(4)5/h6-15H,1-5H3,(H,27,31,33)/b22-15-. The second-order valence-electron chi connectivity index (χ2n) is 8.32. The fraction of sp³-hybridized carbons (Fsp3) is 0.192. The minimum Gasteiger partial charge on any atom is -0.378 e. The SMILES string of the molecule is Cc1ccccc1N1C(=O)NC(=O)/C(=C/c2cc(C)n(-c3ccc(N(C)C)cc3)c2C)C1=O. The van der Waals surface area contributed by atoms with E-state index < -0.39 is 17.8 Å². The number of aryl methyl sites for hydroxylation is 2. The number of para-hydroxylation sites is 1. The van der Waals surface area contributed by atoms with Crippen molar-refractivity contribution in [3.8, 4) is 5.69 Å². The molecule has 33 heavy (non-hydrogen) atoms. The van der Waals surface area contributed by atoms with Crippen molar-refractivity contribution >= 4 is 35.3 Å². The maximum atomic E-state index is 13.2. The molecule has 1 aromatic heterocycles. The fourth-order valence-electron chi connectivity index (χ4n) is 4.08. The van der Waals surface area contributed by atoms with Crippen molar-refractivity contribution in [1.82, 2.24) is 9.88 Å². The van der Waals surface area contributed by atoms with Gasteiger partial charge in [0.2, 0.25) is 0 Å². The summed E-state index contributed by atoms with van der Waals surface area (Å²) in [6.07, 6.45) is 1.56. The Balaban J connectivity index is 1.74. The van der Waals surface area contributed by atoms with Crippen LogP contribution in [0.25, 0.3) is 11.8 Å². The summed E-state index contributed by atoms with van der Waals surface area (Å²) in [5.41, 5.74) is 5.79. The molecule has 0 spiro atoms. The summed E-state index contributed by atoms with van der Waals surface area (Å²) < 4.78 is 2.07. The predicted octanol–water partition coefficient (Wildman–Crippen LogP) is 4.13. The first-order chi connectivity index (χ1) is 15.7. The third-order valence-corrected chi connectivity index (χ3v) is 5.85. The third-order valence-electron chi connectivity index (χ3n) is 5.85. The Hall–Kier alpha value is -4.13. The van der Waals surface area contributed by atoms with E-state index in [-0.39, 0.29) is 5.57 Å². The monoisotopic (exact) mass is 442 g/mol. The quantitative estimate of drug-likeness (QED) is 0.487. The molecule has 168 valence electrons. The Morgan fingerprint density at radius 2 is 1.58 bits per heavy atom. The molecule has 7 nitrogen and oxygen atoms in total. The average Bonchev–Trinajstić information content (AvgIpc) is 3.05. The molecule has 0 radical (unpaired) electrons. The Bertz CT molecular complexity index is 1300. The summed E-state index contributed by atoms with van der Waals surface area (Å²) >= 11 is 0. The highest BCUT2D eigenvalue weighted by molar-refractivity contribution is 6.39. The number of hydrogen-bond donors (Lipinski definition) is 1. The second-order valence-corrected chi connectivity index (χ2v) is 8.32. The van der Waals surface area contributed by atoms with Crippen LogP contribution in [0.2, 0.25) is 0 Å². The van der Waals surface area contributed by atoms with Gasteiger partial charge in [-0.2, -0.15) is 0 Å². The van der Waals surface area contributed by atoms with Gasteiger partial charge in [-0.3, -0.25) is 14.9 Å². The first-order valence-electron chi connectivity index (χ1n) is 10.6. The highest BCUT2D eigenvalue weighted by atomic mass is 16.2. The number of imide groups is 2. The van der Waals surface area contributed by atoms with Crippen LogP contribution < -0.4 is 15.1 Å². The largest absolute Gasteiger partial charge is 0.378 e. The lowest BCUT2D eigenvalue weighted by molar-refractivity contribution is -0.122. The molecule has 4 rings (SSSR count). The summed E-state index contributed by atoms with van der Waals surface area (Å²) in [5.74, 6) is -1.34. The Kier molecular flexibility index (Phi) is 5.64. The van der Waals surface area contributed by atoms with E-state index in [4.69, 9.17) is 0 Å². The zero-order valence-corrected chi connectivity index (χ0v) is 19.3. The van der Waals surface area contributed by atoms with Crippen LogP contribution in [-0.4, -0.2) is 36.5 Å². The smallest absolute Gasteiger partial charge is 0.335 e. The highest BCUT2D eigenvalue weighted by Crippen LogP contribution is 2.28. The number of carbonyl (C=O) groups excluding carboxylic acids is 3. The first kappa shape index (κ1) is 22.1. The van der Waals surface area contributed by atoms with Crippen LogP contribution in [-0.2, 0) is 9.59 Å². The molecule has 1 aliphatic heterocycles. The Morgan fingerprint density at radius 1 is 0.909 bits per heavy atom. The Morgan fingerprint density at radius 3 is 2.21 bits per heavy atom. The van der Waals surface area contributed by atoms with Gasteiger partial charge in [0, 0.05) is 36.9 Å². The lowest BCUT2D eigenvalue weighted by Gasteiger charge is -2.27. The van der Waals surface area contributed by atoms with Gasteiger partial charge in [-0.05, 0) is 74.4 Å². The molecule has 1 aliphatic rings. The molecule has 7 heteroatoms. The van der Waals surface area contributed by atoms with Crippen molar-refractivity contribution in [3.63, 3.8) is 0 Å². The number of anilines is 2. The average molecular weight is 443 g/mol. The number of nitrogens with zero attached hydrogens (tertiary/aromatic N) is 3. The van der Waals surface area contributed by atoms with E-state index in [1.54, 1.807) is 18.2 Å². The molecule has 3 aromatic rings. The molecule has 4 amide bonds. The van der Waals surface area contributed by atoms with Crippen molar-refractivity contribution in [2.24, 2.45) is 0 Å². The molecule has 1 saturated heterocycles. The van der Waals surface area contributed by atoms with E-state index in [9.17, 15) is 14.4 Å². The van der Waals surface area contributed by atoms with Crippen molar-refractivity contribution < 1.29 is 14.4 Å². The molecular weight excluding hydrogens is 416 g/mol. The predicted molar refractivity (Wildman–Crippen MR) is 130 cm³/mol. The van der Waals surface area contributed by atoms with Gasteiger partial charge >= 0.3 is 6.03 Å². The minimum atomic E-state index is -0.747. The van der Waals surface area contributed by atoms with Crippen LogP contribution in [0.4, 0.5) is 16.2 Å². The van der Waals surface area contributed by atoms with Gasteiger partial charge in [-0.25, -0.2) is 9.69 Å². The van der Waals surface area contributed by atoms with E-state index in [2.05, 4.69) is 9.88 Å². The van der Waals surface area contributed by atoms with Crippen molar-refractivity contribution in [2.75, 3.05) is 23.9 Å². The minimum absolute atomic E-state index is 0.0824. The molecule has 0 aliphatic carbocycles. The number of nitrogens with one attached hydrogen (secondary N) is 1. The number of hydrogen-bond acceptors (Lipinski definition) is 4. The molecule has 0 saturated carbocycles. The van der Waals surface area contributed by atoms with Crippen LogP contribution in [0.1, 0.15) is 22.5 Å². The third kappa shape index (κ3) is 3.93. The van der Waals surface area contributed by atoms with E-state index in [0.29, 0.717) is 5.69 Å². The molecule has 1 fully saturated rings. The summed E-state index contributed by atoms with van der Waals surface area (Å²) in [6, 6.07) is 16.4. The zero-order valence-electron chi connectivity index (χ0n) is 19.3. The zero-order chi connectivity index (χ0) is 23.9. The van der Waals surface area contributed by atoms with Crippen LogP contribution in [0.3, 0.4) is 0 Å². The van der Waals surface area contributed by atoms with E-state index >= 15 is 0 Å². The number of rotatable bonds is 4. The van der Waals surface area contributed by atoms with Gasteiger partial charge in [-0.15, -0.1) is 0 Å². The normalized spacial score (nSPS) is 15.2. The van der Waals surface area contributed by atoms with Crippen LogP contribution in [0.5, 0.6) is 0 Å².